The highest BCUT2D eigenvalue weighted by Crippen LogP contribution is 2.18. The lowest BCUT2D eigenvalue weighted by Crippen LogP contribution is -2.11. The van der Waals surface area contributed by atoms with Crippen molar-refractivity contribution in [2.45, 2.75) is 6.42 Å². The van der Waals surface area contributed by atoms with E-state index >= 15 is 0 Å². The third-order valence-corrected chi connectivity index (χ3v) is 1.53. The van der Waals surface area contributed by atoms with E-state index in [1.54, 1.807) is 6.07 Å². The Balaban J connectivity index is 2.78. The summed E-state index contributed by atoms with van der Waals surface area (Å²) in [5.74, 6) is -0.938. The van der Waals surface area contributed by atoms with Gasteiger partial charge in [0.1, 0.15) is 12.2 Å². The molecule has 0 aliphatic rings. The van der Waals surface area contributed by atoms with E-state index in [0.717, 1.165) is 6.07 Å². The van der Waals surface area contributed by atoms with Crippen molar-refractivity contribution < 1.29 is 9.18 Å². The normalized spacial score (nSPS) is 9.14. The molecule has 0 saturated heterocycles. The molecule has 1 aromatic rings. The topological polar surface area (TPSA) is 78.9 Å². The monoisotopic (exact) mass is 193 g/mol. The summed E-state index contributed by atoms with van der Waals surface area (Å²) in [5, 5.41) is 10.6. The third-order valence-electron chi connectivity index (χ3n) is 1.53. The van der Waals surface area contributed by atoms with Gasteiger partial charge in [0.05, 0.1) is 17.4 Å². The van der Waals surface area contributed by atoms with Crippen LogP contribution in [0.2, 0.25) is 0 Å². The molecule has 0 saturated carbocycles. The van der Waals surface area contributed by atoms with E-state index in [4.69, 9.17) is 11.0 Å². The van der Waals surface area contributed by atoms with E-state index in [1.165, 1.54) is 12.1 Å². The second-order valence-corrected chi connectivity index (χ2v) is 2.61. The fourth-order valence-corrected chi connectivity index (χ4v) is 0.914. The van der Waals surface area contributed by atoms with E-state index < -0.39 is 11.7 Å². The van der Waals surface area contributed by atoms with Gasteiger partial charge in [0.15, 0.2) is 0 Å². The first-order chi connectivity index (χ1) is 6.63. The van der Waals surface area contributed by atoms with Crippen molar-refractivity contribution in [3.63, 3.8) is 0 Å². The van der Waals surface area contributed by atoms with Gasteiger partial charge in [-0.1, -0.05) is 0 Å². The predicted octanol–water partition coefficient (Wildman–Crippen LogP) is 1.26. The van der Waals surface area contributed by atoms with Crippen molar-refractivity contribution in [2.24, 2.45) is 0 Å². The van der Waals surface area contributed by atoms with Gasteiger partial charge >= 0.3 is 0 Å². The molecule has 3 N–H and O–H groups in total. The standard InChI is InChI=1S/C9H8FN3O/c10-6-1-2-8(7(12)5-6)13-9(14)3-4-11/h1-2,5H,3,12H2,(H,13,14). The SMILES string of the molecule is N#CCC(=O)Nc1ccc(F)cc1N. The van der Waals surface area contributed by atoms with Gasteiger partial charge in [0, 0.05) is 0 Å². The number of carbonyl (C=O) groups excluding carboxylic acids is 1. The van der Waals surface area contributed by atoms with Crippen molar-refractivity contribution in [1.29, 1.82) is 5.26 Å². The Bertz CT molecular complexity index is 398. The molecule has 0 aliphatic heterocycles. The summed E-state index contributed by atoms with van der Waals surface area (Å²) in [7, 11) is 0. The molecule has 4 nitrogen and oxygen atoms in total. The number of nitrogens with two attached hydrogens (primary N) is 1. The number of rotatable bonds is 2. The van der Waals surface area contributed by atoms with E-state index in [-0.39, 0.29) is 12.1 Å². The molecule has 0 fully saturated rings. The van der Waals surface area contributed by atoms with Gasteiger partial charge in [-0.05, 0) is 18.2 Å². The molecule has 0 atom stereocenters. The Morgan fingerprint density at radius 2 is 2.36 bits per heavy atom. The molecule has 1 aromatic carbocycles. The van der Waals surface area contributed by atoms with Crippen molar-refractivity contribution in [3.05, 3.63) is 24.0 Å². The number of nitriles is 1. The average molecular weight is 193 g/mol. The lowest BCUT2D eigenvalue weighted by atomic mass is 10.2. The highest BCUT2D eigenvalue weighted by Gasteiger charge is 2.04. The van der Waals surface area contributed by atoms with Crippen LogP contribution in [0.25, 0.3) is 0 Å². The highest BCUT2D eigenvalue weighted by molar-refractivity contribution is 5.94. The second-order valence-electron chi connectivity index (χ2n) is 2.61. The number of nitrogens with one attached hydrogen (secondary N) is 1. The molecule has 0 bridgehead atoms. The number of benzene rings is 1. The molecule has 1 amide bonds. The molecule has 14 heavy (non-hydrogen) atoms. The molecule has 0 aromatic heterocycles. The minimum Gasteiger partial charge on any atom is -0.397 e. The number of nitrogens with zero attached hydrogens (tertiary/aromatic N) is 1. The van der Waals surface area contributed by atoms with Gasteiger partial charge in [0.25, 0.3) is 0 Å². The Labute approximate surface area is 80.1 Å². The number of anilines is 2. The lowest BCUT2D eigenvalue weighted by molar-refractivity contribution is -0.115. The maximum atomic E-state index is 12.6. The molecule has 0 radical (unpaired) electrons. The molecule has 72 valence electrons. The van der Waals surface area contributed by atoms with Crippen LogP contribution < -0.4 is 11.1 Å². The van der Waals surface area contributed by atoms with Crippen LogP contribution in [0.1, 0.15) is 6.42 Å². The van der Waals surface area contributed by atoms with Gasteiger partial charge in [0.2, 0.25) is 5.91 Å². The molecular weight excluding hydrogens is 185 g/mol. The van der Waals surface area contributed by atoms with E-state index in [1.807, 2.05) is 0 Å². The highest BCUT2D eigenvalue weighted by atomic mass is 19.1. The minimum atomic E-state index is -0.471. The number of nitrogen functional groups attached to an aromatic ring is 1. The van der Waals surface area contributed by atoms with Crippen LogP contribution in [0.15, 0.2) is 18.2 Å². The molecular formula is C9H8FN3O. The van der Waals surface area contributed by atoms with Gasteiger partial charge < -0.3 is 11.1 Å². The maximum absolute atomic E-state index is 12.6. The number of carbonyl (C=O) groups is 1. The lowest BCUT2D eigenvalue weighted by Gasteiger charge is -2.05. The summed E-state index contributed by atoms with van der Waals surface area (Å²) in [6, 6.07) is 5.32. The van der Waals surface area contributed by atoms with Crippen molar-refractivity contribution in [3.8, 4) is 6.07 Å². The fraction of sp³-hybridized carbons (Fsp3) is 0.111. The molecule has 0 unspecified atom stereocenters. The largest absolute Gasteiger partial charge is 0.397 e. The van der Waals surface area contributed by atoms with Gasteiger partial charge in [-0.25, -0.2) is 4.39 Å². The Hall–Kier alpha value is -2.09. The number of amides is 1. The predicted molar refractivity (Wildman–Crippen MR) is 49.7 cm³/mol. The Morgan fingerprint density at radius 3 is 2.93 bits per heavy atom. The Kier molecular flexibility index (Phi) is 3.02. The first kappa shape index (κ1) is 9.99. The summed E-state index contributed by atoms with van der Waals surface area (Å²) in [4.78, 5) is 11.0. The van der Waals surface area contributed by atoms with Gasteiger partial charge in [-0.15, -0.1) is 0 Å². The molecule has 1 rings (SSSR count). The maximum Gasteiger partial charge on any atom is 0.238 e. The van der Waals surface area contributed by atoms with Crippen LogP contribution in [0, 0.1) is 17.1 Å². The van der Waals surface area contributed by atoms with Crippen LogP contribution in [0.5, 0.6) is 0 Å². The number of hydrogen-bond acceptors (Lipinski definition) is 3. The summed E-state index contributed by atoms with van der Waals surface area (Å²) in [6.45, 7) is 0. The Morgan fingerprint density at radius 1 is 1.64 bits per heavy atom. The van der Waals surface area contributed by atoms with E-state index in [2.05, 4.69) is 5.32 Å². The molecule has 5 heteroatoms. The summed E-state index contributed by atoms with van der Waals surface area (Å²) in [5.41, 5.74) is 5.88. The van der Waals surface area contributed by atoms with E-state index in [9.17, 15) is 9.18 Å². The van der Waals surface area contributed by atoms with Crippen LogP contribution >= 0.6 is 0 Å². The second kappa shape index (κ2) is 4.23. The van der Waals surface area contributed by atoms with Crippen LogP contribution in [0.3, 0.4) is 0 Å². The van der Waals surface area contributed by atoms with E-state index in [0.29, 0.717) is 5.69 Å². The smallest absolute Gasteiger partial charge is 0.238 e. The zero-order valence-electron chi connectivity index (χ0n) is 7.25. The first-order valence-corrected chi connectivity index (χ1v) is 3.85. The molecule has 0 spiro atoms. The third kappa shape index (κ3) is 2.45. The number of halogens is 1. The zero-order chi connectivity index (χ0) is 10.6. The van der Waals surface area contributed by atoms with Crippen LogP contribution in [-0.4, -0.2) is 5.91 Å². The zero-order valence-corrected chi connectivity index (χ0v) is 7.25. The first-order valence-electron chi connectivity index (χ1n) is 3.85. The van der Waals surface area contributed by atoms with Crippen molar-refractivity contribution in [1.82, 2.24) is 0 Å². The quantitative estimate of drug-likeness (QED) is 0.694. The van der Waals surface area contributed by atoms with Crippen LogP contribution in [0.4, 0.5) is 15.8 Å². The fourth-order valence-electron chi connectivity index (χ4n) is 0.914. The molecule has 0 heterocycles. The van der Waals surface area contributed by atoms with Gasteiger partial charge in [-0.3, -0.25) is 4.79 Å². The van der Waals surface area contributed by atoms with Gasteiger partial charge in [-0.2, -0.15) is 5.26 Å². The minimum absolute atomic E-state index is 0.135. The number of hydrogen-bond donors (Lipinski definition) is 2. The summed E-state index contributed by atoms with van der Waals surface area (Å²) in [6.07, 6.45) is -0.253. The average Bonchev–Trinajstić information content (AvgIpc) is 2.10. The summed E-state index contributed by atoms with van der Waals surface area (Å²) >= 11 is 0. The molecule has 0 aliphatic carbocycles. The summed E-state index contributed by atoms with van der Waals surface area (Å²) < 4.78 is 12.6. The van der Waals surface area contributed by atoms with Crippen molar-refractivity contribution >= 4 is 17.3 Å². The van der Waals surface area contributed by atoms with Crippen LogP contribution in [-0.2, 0) is 4.79 Å². The van der Waals surface area contributed by atoms with Crippen molar-refractivity contribution in [2.75, 3.05) is 11.1 Å².